The first kappa shape index (κ1) is 16.0. The van der Waals surface area contributed by atoms with Crippen molar-refractivity contribution in [2.45, 2.75) is 6.04 Å². The average Bonchev–Trinajstić information content (AvgIpc) is 2.67. The summed E-state index contributed by atoms with van der Waals surface area (Å²) >= 11 is 12.6. The van der Waals surface area contributed by atoms with Crippen LogP contribution in [0.1, 0.15) is 10.4 Å². The third kappa shape index (κ3) is 4.83. The molecule has 104 valence electrons. The predicted octanol–water partition coefficient (Wildman–Crippen LogP) is 2.44. The summed E-state index contributed by atoms with van der Waals surface area (Å²) in [6.07, 6.45) is 1.48. The van der Waals surface area contributed by atoms with Gasteiger partial charge in [0.25, 0.3) is 5.91 Å². The van der Waals surface area contributed by atoms with Crippen LogP contribution in [-0.2, 0) is 9.53 Å². The van der Waals surface area contributed by atoms with Gasteiger partial charge in [0, 0.05) is 0 Å². The Morgan fingerprint density at radius 2 is 2.26 bits per heavy atom. The molecule has 0 radical (unpaired) electrons. The summed E-state index contributed by atoms with van der Waals surface area (Å²) in [6.45, 7) is 3.47. The first-order valence-electron chi connectivity index (χ1n) is 5.12. The topological polar surface area (TPSA) is 75.6 Å². The zero-order valence-electron chi connectivity index (χ0n) is 9.69. The van der Waals surface area contributed by atoms with Crippen molar-refractivity contribution in [3.63, 3.8) is 0 Å². The number of hydrogen-bond donors (Lipinski definition) is 2. The molecule has 0 spiro atoms. The van der Waals surface area contributed by atoms with Crippen LogP contribution >= 0.6 is 34.5 Å². The Bertz CT molecular complexity index is 489. The molecule has 0 aromatic carbocycles. The van der Waals surface area contributed by atoms with Gasteiger partial charge in [0.15, 0.2) is 6.04 Å². The molecule has 8 heteroatoms. The van der Waals surface area contributed by atoms with Crippen molar-refractivity contribution in [1.29, 1.82) is 0 Å². The summed E-state index contributed by atoms with van der Waals surface area (Å²) in [6, 6.07) is 0.218. The van der Waals surface area contributed by atoms with E-state index in [-0.39, 0.29) is 23.1 Å². The molecule has 0 aliphatic rings. The predicted molar refractivity (Wildman–Crippen MR) is 74.2 cm³/mol. The summed E-state index contributed by atoms with van der Waals surface area (Å²) in [4.78, 5) is 22.8. The minimum absolute atomic E-state index is 0.145. The monoisotopic (exact) mass is 323 g/mol. The van der Waals surface area contributed by atoms with Gasteiger partial charge >= 0.3 is 5.97 Å². The highest BCUT2D eigenvalue weighted by molar-refractivity contribution is 7.20. The van der Waals surface area contributed by atoms with E-state index < -0.39 is 17.9 Å². The lowest BCUT2D eigenvalue weighted by atomic mass is 10.2. The number of ether oxygens (including phenoxy) is 1. The summed E-state index contributed by atoms with van der Waals surface area (Å²) in [5.74, 6) is -1.81. The fourth-order valence-electron chi connectivity index (χ4n) is 1.17. The second-order valence-electron chi connectivity index (χ2n) is 3.43. The summed E-state index contributed by atoms with van der Waals surface area (Å²) in [7, 11) is 0. The first-order valence-corrected chi connectivity index (χ1v) is 6.70. The maximum atomic E-state index is 11.8. The Balaban J connectivity index is 2.68. The Labute approximate surface area is 123 Å². The van der Waals surface area contributed by atoms with E-state index in [1.54, 1.807) is 0 Å². The molecule has 0 saturated heterocycles. The van der Waals surface area contributed by atoms with Gasteiger partial charge in [0.1, 0.15) is 4.34 Å². The van der Waals surface area contributed by atoms with Crippen molar-refractivity contribution >= 4 is 46.4 Å². The van der Waals surface area contributed by atoms with E-state index >= 15 is 0 Å². The van der Waals surface area contributed by atoms with Crippen LogP contribution in [0.4, 0.5) is 0 Å². The lowest BCUT2D eigenvalue weighted by Gasteiger charge is -2.13. The van der Waals surface area contributed by atoms with E-state index in [4.69, 9.17) is 33.0 Å². The van der Waals surface area contributed by atoms with Crippen LogP contribution in [0.5, 0.6) is 0 Å². The van der Waals surface area contributed by atoms with Crippen LogP contribution in [0.2, 0.25) is 8.67 Å². The van der Waals surface area contributed by atoms with Crippen molar-refractivity contribution in [1.82, 2.24) is 5.32 Å². The molecular formula is C11H11Cl2NO4S. The molecule has 0 bridgehead atoms. The molecule has 1 aromatic heterocycles. The summed E-state index contributed by atoms with van der Waals surface area (Å²) in [5, 5.41) is 11.3. The van der Waals surface area contributed by atoms with Crippen LogP contribution < -0.4 is 5.32 Å². The molecule has 1 heterocycles. The molecule has 1 atom stereocenters. The highest BCUT2D eigenvalue weighted by Crippen LogP contribution is 2.30. The van der Waals surface area contributed by atoms with E-state index in [0.29, 0.717) is 4.34 Å². The number of carboxylic acid groups (broad SMARTS) is 1. The maximum absolute atomic E-state index is 11.8. The average molecular weight is 324 g/mol. The number of nitrogens with one attached hydrogen (secondary N) is 1. The third-order valence-electron chi connectivity index (χ3n) is 2.02. The highest BCUT2D eigenvalue weighted by atomic mass is 35.5. The second-order valence-corrected chi connectivity index (χ2v) is 5.71. The van der Waals surface area contributed by atoms with Crippen molar-refractivity contribution in [2.24, 2.45) is 0 Å². The van der Waals surface area contributed by atoms with Crippen molar-refractivity contribution in [3.8, 4) is 0 Å². The highest BCUT2D eigenvalue weighted by Gasteiger charge is 2.23. The largest absolute Gasteiger partial charge is 0.480 e. The van der Waals surface area contributed by atoms with Crippen molar-refractivity contribution in [2.75, 3.05) is 13.2 Å². The Morgan fingerprint density at radius 1 is 1.58 bits per heavy atom. The van der Waals surface area contributed by atoms with Crippen molar-refractivity contribution in [3.05, 3.63) is 33.0 Å². The van der Waals surface area contributed by atoms with Gasteiger partial charge in [-0.2, -0.15) is 0 Å². The number of carbonyl (C=O) groups excluding carboxylic acids is 1. The molecule has 0 aliphatic carbocycles. The molecule has 1 unspecified atom stereocenters. The van der Waals surface area contributed by atoms with Crippen molar-refractivity contribution < 1.29 is 19.4 Å². The number of hydrogen-bond acceptors (Lipinski definition) is 4. The van der Waals surface area contributed by atoms with E-state index in [0.717, 1.165) is 11.3 Å². The number of carboxylic acids is 1. The number of amides is 1. The lowest BCUT2D eigenvalue weighted by molar-refractivity contribution is -0.140. The number of carbonyl (C=O) groups is 2. The molecule has 1 amide bonds. The van der Waals surface area contributed by atoms with E-state index in [1.807, 2.05) is 0 Å². The Hall–Kier alpha value is -1.08. The zero-order chi connectivity index (χ0) is 14.4. The SMILES string of the molecule is C=CCOCC(NC(=O)c1cc(Cl)sc1Cl)C(=O)O. The second kappa shape index (κ2) is 7.49. The quantitative estimate of drug-likeness (QED) is 0.597. The molecular weight excluding hydrogens is 313 g/mol. The van der Waals surface area contributed by atoms with Gasteiger partial charge in [-0.1, -0.05) is 29.3 Å². The minimum atomic E-state index is -1.20. The first-order chi connectivity index (χ1) is 8.95. The van der Waals surface area contributed by atoms with Crippen LogP contribution in [-0.4, -0.2) is 36.2 Å². The van der Waals surface area contributed by atoms with Crippen LogP contribution in [0.25, 0.3) is 0 Å². The molecule has 2 N–H and O–H groups in total. The van der Waals surface area contributed by atoms with Crippen LogP contribution in [0, 0.1) is 0 Å². The van der Waals surface area contributed by atoms with Gasteiger partial charge in [-0.25, -0.2) is 4.79 Å². The summed E-state index contributed by atoms with van der Waals surface area (Å²) in [5.41, 5.74) is 0.145. The standard InChI is InChI=1S/C11H11Cl2NO4S/c1-2-3-18-5-7(11(16)17)14-10(15)6-4-8(12)19-9(6)13/h2,4,7H,1,3,5H2,(H,14,15)(H,16,17). The van der Waals surface area contributed by atoms with E-state index in [1.165, 1.54) is 12.1 Å². The van der Waals surface area contributed by atoms with Crippen LogP contribution in [0.15, 0.2) is 18.7 Å². The molecule has 5 nitrogen and oxygen atoms in total. The smallest absolute Gasteiger partial charge is 0.328 e. The Kier molecular flexibility index (Phi) is 6.30. The third-order valence-corrected chi connectivity index (χ3v) is 3.51. The molecule has 1 aromatic rings. The van der Waals surface area contributed by atoms with Gasteiger partial charge in [0.2, 0.25) is 0 Å². The number of aliphatic carboxylic acids is 1. The van der Waals surface area contributed by atoms with Gasteiger partial charge in [-0.05, 0) is 6.07 Å². The van der Waals surface area contributed by atoms with Gasteiger partial charge in [0.05, 0.1) is 23.1 Å². The molecule has 1 rings (SSSR count). The maximum Gasteiger partial charge on any atom is 0.328 e. The number of thiophene rings is 1. The lowest BCUT2D eigenvalue weighted by Crippen LogP contribution is -2.44. The number of halogens is 2. The van der Waals surface area contributed by atoms with Crippen LogP contribution in [0.3, 0.4) is 0 Å². The molecule has 0 aliphatic heterocycles. The normalized spacial score (nSPS) is 11.9. The number of rotatable bonds is 7. The van der Waals surface area contributed by atoms with Gasteiger partial charge < -0.3 is 15.2 Å². The molecule has 0 fully saturated rings. The van der Waals surface area contributed by atoms with Gasteiger partial charge in [-0.3, -0.25) is 4.79 Å². The summed E-state index contributed by atoms with van der Waals surface area (Å²) < 4.78 is 5.57. The zero-order valence-corrected chi connectivity index (χ0v) is 12.0. The van der Waals surface area contributed by atoms with E-state index in [2.05, 4.69) is 11.9 Å². The fourth-order valence-corrected chi connectivity index (χ4v) is 2.63. The fraction of sp³-hybridized carbons (Fsp3) is 0.273. The van der Waals surface area contributed by atoms with E-state index in [9.17, 15) is 9.59 Å². The Morgan fingerprint density at radius 3 is 2.74 bits per heavy atom. The minimum Gasteiger partial charge on any atom is -0.480 e. The molecule has 0 saturated carbocycles. The van der Waals surface area contributed by atoms with Gasteiger partial charge in [-0.15, -0.1) is 17.9 Å². The molecule has 19 heavy (non-hydrogen) atoms.